The smallest absolute Gasteiger partial charge is 0.407 e. The van der Waals surface area contributed by atoms with E-state index in [0.29, 0.717) is 47.4 Å². The number of nitrogens with one attached hydrogen (secondary N) is 4. The number of alkyl carbamates (subject to hydrolysis) is 2. The van der Waals surface area contributed by atoms with E-state index in [1.165, 1.54) is 45.1 Å². The van der Waals surface area contributed by atoms with Gasteiger partial charge in [0.05, 0.1) is 50.5 Å². The Morgan fingerprint density at radius 3 is 1.51 bits per heavy atom. The van der Waals surface area contributed by atoms with Crippen molar-refractivity contribution in [2.45, 2.75) is 69.1 Å². The third-order valence-electron chi connectivity index (χ3n) is 15.9. The zero-order chi connectivity index (χ0) is 59.2. The highest BCUT2D eigenvalue weighted by Crippen LogP contribution is 2.37. The molecule has 442 valence electrons. The predicted octanol–water partition coefficient (Wildman–Crippen LogP) is 7.49. The minimum atomic E-state index is -3.59. The van der Waals surface area contributed by atoms with Crippen LogP contribution in [0.4, 0.5) is 9.59 Å². The van der Waals surface area contributed by atoms with Crippen LogP contribution in [-0.4, -0.2) is 181 Å². The summed E-state index contributed by atoms with van der Waals surface area (Å²) in [6.45, 7) is 2.71. The van der Waals surface area contributed by atoms with Gasteiger partial charge in [0, 0.05) is 39.3 Å². The van der Waals surface area contributed by atoms with Gasteiger partial charge in [0.25, 0.3) is 0 Å². The molecule has 12 rings (SSSR count). The van der Waals surface area contributed by atoms with Gasteiger partial charge in [0.15, 0.2) is 0 Å². The maximum absolute atomic E-state index is 14.1. The Morgan fingerprint density at radius 1 is 0.614 bits per heavy atom. The van der Waals surface area contributed by atoms with Gasteiger partial charge in [0.1, 0.15) is 35.8 Å². The molecule has 4 aromatic carbocycles. The van der Waals surface area contributed by atoms with Crippen molar-refractivity contribution in [2.24, 2.45) is 0 Å². The minimum Gasteiger partial charge on any atom is -0.453 e. The highest BCUT2D eigenvalue weighted by Gasteiger charge is 2.41. The molecule has 5 atom stereocenters. The molecule has 2 aromatic heterocycles. The number of ether oxygens (including phenoxy) is 2. The molecule has 4 amide bonds. The van der Waals surface area contributed by atoms with Gasteiger partial charge in [0.2, 0.25) is 31.9 Å². The molecule has 2 saturated heterocycles. The Hall–Kier alpha value is -6.70. The normalized spacial score (nSPS) is 18.7. The Kier molecular flexibility index (Phi) is 19.4. The van der Waals surface area contributed by atoms with E-state index >= 15 is 0 Å². The summed E-state index contributed by atoms with van der Waals surface area (Å²) in [4.78, 5) is 72.3. The van der Waals surface area contributed by atoms with Crippen molar-refractivity contribution in [3.63, 3.8) is 0 Å². The molecule has 6 aliphatic rings. The van der Waals surface area contributed by atoms with Gasteiger partial charge < -0.3 is 39.9 Å². The number of H-pyrrole nitrogens is 2. The fourth-order valence-electron chi connectivity index (χ4n) is 11.2. The topological polar surface area (TPSA) is 249 Å². The molecule has 0 radical (unpaired) electrons. The van der Waals surface area contributed by atoms with Crippen molar-refractivity contribution >= 4 is 67.6 Å². The number of thioether (sulfide) groups is 2. The Morgan fingerprint density at radius 2 is 1.06 bits per heavy atom. The lowest BCUT2D eigenvalue weighted by molar-refractivity contribution is -0.138. The number of aryl methyl sites for hydroxylation is 2. The van der Waals surface area contributed by atoms with Gasteiger partial charge in [-0.1, -0.05) is 91.9 Å². The van der Waals surface area contributed by atoms with E-state index in [0.717, 1.165) is 65.2 Å². The molecule has 2 aliphatic heterocycles. The molecule has 4 aliphatic carbocycles. The SMILES string of the molecule is COC(=O)N[C@@H](CCSC)C(=O)N1CCN(S(C)(=O)=O)C[C@H]1c1ncc(-c2ccc(-c3cc4ccc3CCc3ccc(c(-c5ccc(-c6cnc([C@@H]7CN(S(C)(=O)=O)CCN7C(=O)[C@H](CCSC)NC(=O)OC)[nH]6)cc5)c3)C[C@H]4C)cc2)[nH]1. The van der Waals surface area contributed by atoms with Crippen LogP contribution < -0.4 is 10.6 Å². The first-order valence-corrected chi connectivity index (χ1v) is 34.0. The molecule has 6 aromatic rings. The lowest BCUT2D eigenvalue weighted by Crippen LogP contribution is -2.57. The van der Waals surface area contributed by atoms with Crippen LogP contribution in [0.15, 0.2) is 97.3 Å². The number of methoxy groups -OCH3 is 2. The van der Waals surface area contributed by atoms with E-state index in [9.17, 15) is 36.0 Å². The van der Waals surface area contributed by atoms with Crippen LogP contribution in [0.2, 0.25) is 0 Å². The summed E-state index contributed by atoms with van der Waals surface area (Å²) in [5, 5.41) is 5.35. The zero-order valence-corrected chi connectivity index (χ0v) is 51.0. The first-order chi connectivity index (χ1) is 39.8. The summed E-state index contributed by atoms with van der Waals surface area (Å²) in [5.41, 5.74) is 12.5. The van der Waals surface area contributed by atoms with E-state index in [2.05, 4.69) is 88.2 Å². The van der Waals surface area contributed by atoms with Crippen molar-refractivity contribution in [3.05, 3.63) is 131 Å². The lowest BCUT2D eigenvalue weighted by atomic mass is 9.84. The van der Waals surface area contributed by atoms with Crippen LogP contribution in [0.5, 0.6) is 0 Å². The van der Waals surface area contributed by atoms with Crippen LogP contribution in [0.3, 0.4) is 0 Å². The zero-order valence-electron chi connectivity index (χ0n) is 47.7. The number of piperazine rings is 2. The first-order valence-electron chi connectivity index (χ1n) is 27.5. The Balaban J connectivity index is 0.919. The van der Waals surface area contributed by atoms with Gasteiger partial charge >= 0.3 is 12.2 Å². The van der Waals surface area contributed by atoms with Gasteiger partial charge in [-0.2, -0.15) is 32.1 Å². The summed E-state index contributed by atoms with van der Waals surface area (Å²) in [6.07, 6.45) is 11.2. The molecule has 24 heteroatoms. The van der Waals surface area contributed by atoms with Gasteiger partial charge in [-0.05, 0) is 118 Å². The second-order valence-corrected chi connectivity index (χ2v) is 27.2. The number of amides is 4. The Labute approximate surface area is 494 Å². The third kappa shape index (κ3) is 14.3. The number of benzene rings is 4. The summed E-state index contributed by atoms with van der Waals surface area (Å²) in [5.74, 6) is 1.58. The molecule has 0 unspecified atom stereocenters. The quantitative estimate of drug-likeness (QED) is 0.0651. The summed E-state index contributed by atoms with van der Waals surface area (Å²) >= 11 is 3.10. The number of aromatic amines is 2. The number of hydrogen-bond donors (Lipinski definition) is 4. The number of sulfonamides is 2. The molecule has 2 fully saturated rings. The van der Waals surface area contributed by atoms with Crippen LogP contribution in [-0.2, 0) is 58.4 Å². The van der Waals surface area contributed by atoms with Crippen LogP contribution in [0.25, 0.3) is 44.8 Å². The molecule has 4 heterocycles. The van der Waals surface area contributed by atoms with Crippen molar-refractivity contribution in [1.29, 1.82) is 0 Å². The third-order valence-corrected chi connectivity index (χ3v) is 19.7. The fraction of sp³-hybridized carbons (Fsp3) is 0.424. The fourth-order valence-corrected chi connectivity index (χ4v) is 13.8. The number of nitrogens with zero attached hydrogens (tertiary/aromatic N) is 6. The van der Waals surface area contributed by atoms with Crippen molar-refractivity contribution in [2.75, 3.05) is 90.0 Å². The van der Waals surface area contributed by atoms with Crippen LogP contribution in [0, 0.1) is 0 Å². The number of imidazole rings is 2. The highest BCUT2D eigenvalue weighted by atomic mass is 32.2. The maximum atomic E-state index is 14.1. The highest BCUT2D eigenvalue weighted by molar-refractivity contribution is 7.98. The second-order valence-electron chi connectivity index (χ2n) is 21.3. The number of aromatic nitrogens is 4. The number of carbonyl (C=O) groups excluding carboxylic acids is 4. The van der Waals surface area contributed by atoms with E-state index < -0.39 is 56.4 Å². The van der Waals surface area contributed by atoms with Crippen LogP contribution >= 0.6 is 23.5 Å². The first kappa shape index (κ1) is 60.9. The predicted molar refractivity (Wildman–Crippen MR) is 325 cm³/mol. The molecular weight excluding hydrogens is 1140 g/mol. The van der Waals surface area contributed by atoms with Gasteiger partial charge in [-0.25, -0.2) is 36.4 Å². The van der Waals surface area contributed by atoms with Crippen molar-refractivity contribution in [3.8, 4) is 44.8 Å². The minimum absolute atomic E-state index is 0.00100. The average Bonchev–Trinajstić information content (AvgIpc) is 4.10. The van der Waals surface area contributed by atoms with Gasteiger partial charge in [-0.15, -0.1) is 0 Å². The second kappa shape index (κ2) is 26.5. The van der Waals surface area contributed by atoms with Crippen molar-refractivity contribution in [1.82, 2.24) is 49.0 Å². The number of hydrogen-bond acceptors (Lipinski definition) is 14. The molecule has 4 bridgehead atoms. The van der Waals surface area contributed by atoms with Crippen LogP contribution in [0.1, 0.15) is 71.7 Å². The molecule has 0 saturated carbocycles. The molecule has 20 nitrogen and oxygen atoms in total. The molecule has 4 N–H and O–H groups in total. The standard InChI is InChI=1S/C59H72N10O10S4/c1-37-30-45-11-9-38(31-46(45)40-12-17-42(18-13-40)50-33-60-54(62-50)52-35-66(82(6,74)75)24-26-68(52)56(70)48(22-28-80-4)64-58(72)78-2)8-10-39-16-21-44(37)32-47(39)41-14-19-43(20-15-41)51-34-61-55(63-51)53-36-67(83(7,76)77)25-27-69(53)57(71)49(23-29-81-5)65-59(73)79-3/h9,11-21,31-34,37,48-49,52-53H,8,10,22-30,35-36H2,1-7H3,(H,60,62)(H,61,63)(H,64,72)(H,65,73)/t37-,48+,49+,52+,53+/m1/s1. The maximum Gasteiger partial charge on any atom is 0.407 e. The summed E-state index contributed by atoms with van der Waals surface area (Å²) < 4.78 is 63.6. The van der Waals surface area contributed by atoms with E-state index in [1.807, 2.05) is 36.8 Å². The summed E-state index contributed by atoms with van der Waals surface area (Å²) in [6, 6.07) is 27.0. The number of rotatable bonds is 18. The number of carbonyl (C=O) groups is 4. The Bertz CT molecular complexity index is 3540. The van der Waals surface area contributed by atoms with E-state index in [-0.39, 0.29) is 57.0 Å². The van der Waals surface area contributed by atoms with E-state index in [4.69, 9.17) is 19.4 Å². The monoisotopic (exact) mass is 1210 g/mol. The van der Waals surface area contributed by atoms with Crippen molar-refractivity contribution < 1.29 is 45.5 Å². The van der Waals surface area contributed by atoms with Gasteiger partial charge in [-0.3, -0.25) is 9.59 Å². The largest absolute Gasteiger partial charge is 0.453 e. The molecular formula is C59H72N10O10S4. The molecule has 83 heavy (non-hydrogen) atoms. The van der Waals surface area contributed by atoms with E-state index in [1.54, 1.807) is 45.7 Å². The lowest BCUT2D eigenvalue weighted by Gasteiger charge is -2.40. The molecule has 0 spiro atoms. The average molecular weight is 1210 g/mol. The summed E-state index contributed by atoms with van der Waals surface area (Å²) in [7, 11) is -4.69.